The summed E-state index contributed by atoms with van der Waals surface area (Å²) in [5.41, 5.74) is 0.408. The van der Waals surface area contributed by atoms with Crippen molar-refractivity contribution in [3.63, 3.8) is 0 Å². The summed E-state index contributed by atoms with van der Waals surface area (Å²) in [6.45, 7) is 0.397. The normalized spacial score (nSPS) is 16.9. The molecule has 24 heavy (non-hydrogen) atoms. The zero-order chi connectivity index (χ0) is 17.1. The van der Waals surface area contributed by atoms with Crippen molar-refractivity contribution >= 4 is 17.5 Å². The van der Waals surface area contributed by atoms with Gasteiger partial charge in [0.15, 0.2) is 0 Å². The van der Waals surface area contributed by atoms with Crippen LogP contribution in [0.3, 0.4) is 0 Å². The van der Waals surface area contributed by atoms with Gasteiger partial charge in [0.25, 0.3) is 5.91 Å². The molecule has 2 aromatic rings. The molecule has 0 aliphatic carbocycles. The molecular formula is C18H16F2N2O2. The molecule has 1 aliphatic heterocycles. The molecule has 4 nitrogen and oxygen atoms in total. The van der Waals surface area contributed by atoms with Gasteiger partial charge in [-0.15, -0.1) is 0 Å². The SMILES string of the molecule is O=C(Nc1ccc(F)cc1)[C@H]1CCCN1C(=O)c1ccccc1F. The second kappa shape index (κ2) is 6.78. The quantitative estimate of drug-likeness (QED) is 0.939. The molecule has 0 saturated carbocycles. The molecule has 6 heteroatoms. The first-order chi connectivity index (χ1) is 11.6. The second-order valence-electron chi connectivity index (χ2n) is 5.63. The number of carbonyl (C=O) groups excluding carboxylic acids is 2. The fraction of sp³-hybridized carbons (Fsp3) is 0.222. The minimum atomic E-state index is -0.665. The predicted octanol–water partition coefficient (Wildman–Crippen LogP) is 3.21. The van der Waals surface area contributed by atoms with Crippen molar-refractivity contribution in [1.29, 1.82) is 0 Å². The van der Waals surface area contributed by atoms with Crippen LogP contribution >= 0.6 is 0 Å². The van der Waals surface area contributed by atoms with Crippen molar-refractivity contribution in [2.45, 2.75) is 18.9 Å². The average Bonchev–Trinajstić information content (AvgIpc) is 3.06. The van der Waals surface area contributed by atoms with Gasteiger partial charge in [0.2, 0.25) is 5.91 Å². The highest BCUT2D eigenvalue weighted by Gasteiger charge is 2.35. The van der Waals surface area contributed by atoms with Crippen molar-refractivity contribution < 1.29 is 18.4 Å². The van der Waals surface area contributed by atoms with Gasteiger partial charge in [-0.1, -0.05) is 12.1 Å². The Bertz CT molecular complexity index is 762. The number of carbonyl (C=O) groups is 2. The van der Waals surface area contributed by atoms with Crippen LogP contribution in [0.15, 0.2) is 48.5 Å². The van der Waals surface area contributed by atoms with Crippen LogP contribution in [-0.2, 0) is 4.79 Å². The fourth-order valence-electron chi connectivity index (χ4n) is 2.83. The van der Waals surface area contributed by atoms with Gasteiger partial charge in [0.05, 0.1) is 5.56 Å². The van der Waals surface area contributed by atoms with Crippen LogP contribution in [0.2, 0.25) is 0 Å². The van der Waals surface area contributed by atoms with E-state index in [0.29, 0.717) is 25.1 Å². The number of hydrogen-bond acceptors (Lipinski definition) is 2. The Morgan fingerprint density at radius 1 is 1.04 bits per heavy atom. The Hall–Kier alpha value is -2.76. The Kier molecular flexibility index (Phi) is 4.55. The maximum Gasteiger partial charge on any atom is 0.257 e. The zero-order valence-corrected chi connectivity index (χ0v) is 12.8. The van der Waals surface area contributed by atoms with E-state index < -0.39 is 23.6 Å². The first kappa shape index (κ1) is 16.1. The highest BCUT2D eigenvalue weighted by Crippen LogP contribution is 2.23. The van der Waals surface area contributed by atoms with Gasteiger partial charge in [-0.05, 0) is 49.2 Å². The summed E-state index contributed by atoms with van der Waals surface area (Å²) in [6, 6.07) is 10.4. The van der Waals surface area contributed by atoms with E-state index in [-0.39, 0.29) is 11.5 Å². The summed E-state index contributed by atoms with van der Waals surface area (Å²) in [5, 5.41) is 2.67. The first-order valence-corrected chi connectivity index (χ1v) is 7.68. The molecule has 0 spiro atoms. The molecule has 0 bridgehead atoms. The van der Waals surface area contributed by atoms with Crippen molar-refractivity contribution in [1.82, 2.24) is 4.90 Å². The second-order valence-corrected chi connectivity index (χ2v) is 5.63. The molecule has 3 rings (SSSR count). The smallest absolute Gasteiger partial charge is 0.257 e. The van der Waals surface area contributed by atoms with Gasteiger partial charge in [0.1, 0.15) is 17.7 Å². The van der Waals surface area contributed by atoms with Crippen LogP contribution in [0.1, 0.15) is 23.2 Å². The molecule has 0 radical (unpaired) electrons. The van der Waals surface area contributed by atoms with Gasteiger partial charge in [-0.25, -0.2) is 8.78 Å². The molecule has 1 N–H and O–H groups in total. The number of nitrogens with one attached hydrogen (secondary N) is 1. The fourth-order valence-corrected chi connectivity index (χ4v) is 2.83. The lowest BCUT2D eigenvalue weighted by Gasteiger charge is -2.24. The van der Waals surface area contributed by atoms with E-state index >= 15 is 0 Å². The molecule has 2 aromatic carbocycles. The van der Waals surface area contributed by atoms with Crippen LogP contribution in [0.4, 0.5) is 14.5 Å². The Morgan fingerprint density at radius 3 is 2.46 bits per heavy atom. The lowest BCUT2D eigenvalue weighted by molar-refractivity contribution is -0.119. The highest BCUT2D eigenvalue weighted by molar-refractivity contribution is 6.01. The van der Waals surface area contributed by atoms with Crippen LogP contribution in [-0.4, -0.2) is 29.3 Å². The summed E-state index contributed by atoms with van der Waals surface area (Å²) >= 11 is 0. The van der Waals surface area contributed by atoms with Crippen molar-refractivity contribution in [2.75, 3.05) is 11.9 Å². The molecule has 124 valence electrons. The highest BCUT2D eigenvalue weighted by atomic mass is 19.1. The van der Waals surface area contributed by atoms with Gasteiger partial charge >= 0.3 is 0 Å². The van der Waals surface area contributed by atoms with Crippen LogP contribution in [0.5, 0.6) is 0 Å². The summed E-state index contributed by atoms with van der Waals surface area (Å²) in [4.78, 5) is 26.4. The number of likely N-dealkylation sites (tertiary alicyclic amines) is 1. The topological polar surface area (TPSA) is 49.4 Å². The van der Waals surface area contributed by atoms with E-state index in [4.69, 9.17) is 0 Å². The van der Waals surface area contributed by atoms with E-state index in [1.165, 1.54) is 47.4 Å². The molecule has 0 unspecified atom stereocenters. The third-order valence-corrected chi connectivity index (χ3v) is 4.03. The number of anilines is 1. The van der Waals surface area contributed by atoms with E-state index in [2.05, 4.69) is 5.32 Å². The maximum atomic E-state index is 13.8. The van der Waals surface area contributed by atoms with Crippen LogP contribution in [0, 0.1) is 11.6 Å². The van der Waals surface area contributed by atoms with Crippen LogP contribution < -0.4 is 5.32 Å². The summed E-state index contributed by atoms with van der Waals surface area (Å²) in [5.74, 6) is -1.86. The zero-order valence-electron chi connectivity index (χ0n) is 12.8. The van der Waals surface area contributed by atoms with E-state index in [9.17, 15) is 18.4 Å². The van der Waals surface area contributed by atoms with Gasteiger partial charge in [0, 0.05) is 12.2 Å². The van der Waals surface area contributed by atoms with Crippen molar-refractivity contribution in [3.8, 4) is 0 Å². The summed E-state index contributed by atoms with van der Waals surface area (Å²) in [7, 11) is 0. The van der Waals surface area contributed by atoms with Crippen molar-refractivity contribution in [3.05, 3.63) is 65.7 Å². The Morgan fingerprint density at radius 2 is 1.75 bits per heavy atom. The number of rotatable bonds is 3. The number of halogens is 2. The molecule has 2 amide bonds. The molecule has 1 fully saturated rings. The molecule has 1 atom stereocenters. The van der Waals surface area contributed by atoms with E-state index in [0.717, 1.165) is 0 Å². The maximum absolute atomic E-state index is 13.8. The third kappa shape index (κ3) is 3.27. The number of amides is 2. The molecule has 0 aromatic heterocycles. The summed E-state index contributed by atoms with van der Waals surface area (Å²) < 4.78 is 26.7. The van der Waals surface area contributed by atoms with Gasteiger partial charge in [-0.2, -0.15) is 0 Å². The first-order valence-electron chi connectivity index (χ1n) is 7.68. The molecule has 1 saturated heterocycles. The lowest BCUT2D eigenvalue weighted by Crippen LogP contribution is -2.43. The number of hydrogen-bond donors (Lipinski definition) is 1. The van der Waals surface area contributed by atoms with E-state index in [1.54, 1.807) is 6.07 Å². The Labute approximate surface area is 138 Å². The minimum absolute atomic E-state index is 0.0426. The monoisotopic (exact) mass is 330 g/mol. The van der Waals surface area contributed by atoms with Crippen LogP contribution in [0.25, 0.3) is 0 Å². The summed E-state index contributed by atoms with van der Waals surface area (Å²) in [6.07, 6.45) is 1.18. The predicted molar refractivity (Wildman–Crippen MR) is 85.5 cm³/mol. The Balaban J connectivity index is 1.75. The number of benzene rings is 2. The van der Waals surface area contributed by atoms with Crippen molar-refractivity contribution in [2.24, 2.45) is 0 Å². The minimum Gasteiger partial charge on any atom is -0.327 e. The molecule has 1 aliphatic rings. The molecular weight excluding hydrogens is 314 g/mol. The number of nitrogens with zero attached hydrogens (tertiary/aromatic N) is 1. The lowest BCUT2D eigenvalue weighted by atomic mass is 10.1. The standard InChI is InChI=1S/C18H16F2N2O2/c19-12-7-9-13(10-8-12)21-17(23)16-6-3-11-22(16)18(24)14-4-1-2-5-15(14)20/h1-2,4-5,7-10,16H,3,6,11H2,(H,21,23)/t16-/m1/s1. The molecule has 1 heterocycles. The van der Waals surface area contributed by atoms with Gasteiger partial charge < -0.3 is 10.2 Å². The van der Waals surface area contributed by atoms with Gasteiger partial charge in [-0.3, -0.25) is 9.59 Å². The third-order valence-electron chi connectivity index (χ3n) is 4.03. The van der Waals surface area contributed by atoms with E-state index in [1.807, 2.05) is 0 Å². The largest absolute Gasteiger partial charge is 0.327 e. The average molecular weight is 330 g/mol.